The van der Waals surface area contributed by atoms with Crippen molar-refractivity contribution in [2.75, 3.05) is 0 Å². The molecular weight excluding hydrogens is 748 g/mol. The van der Waals surface area contributed by atoms with E-state index < -0.39 is 5.41 Å². The monoisotopic (exact) mass is 779 g/mol. The predicted octanol–water partition coefficient (Wildman–Crippen LogP) is 8.62. The van der Waals surface area contributed by atoms with E-state index in [-0.39, 0.29) is 32.2 Å². The first-order chi connectivity index (χ1) is 22.2. The van der Waals surface area contributed by atoms with Gasteiger partial charge >= 0.3 is 0 Å². The first kappa shape index (κ1) is 28.6. The number of benzene rings is 4. The standard InChI is InChI=1S/C40H31N4O.Pt/c1-39(2,3)27-21-22-30-29-14-4-6-16-32(29)40(33(30)25-27,36-19-11-17-34(41-36)31-15-5-7-18-35(31)45)28-13-10-12-26(24-28)38-43-42-37-20-8-9-23-44(37)38;/h4-23,25,45H,1-3H3;/q-1;/i6D;. The summed E-state index contributed by atoms with van der Waals surface area (Å²) in [6, 6.07) is 42.0. The molecule has 0 amide bonds. The Hall–Kier alpha value is -4.86. The Bertz CT molecular complexity index is 2310. The normalized spacial score (nSPS) is 15.6. The second-order valence-electron chi connectivity index (χ2n) is 12.6. The smallest absolute Gasteiger partial charge is 0.151 e. The minimum atomic E-state index is -0.917. The van der Waals surface area contributed by atoms with Crippen molar-refractivity contribution in [1.29, 1.82) is 0 Å². The largest absolute Gasteiger partial charge is 0.507 e. The number of hydrogen-bond acceptors (Lipinski definition) is 4. The molecular formula is C40H31N4OPt-. The Morgan fingerprint density at radius 1 is 0.761 bits per heavy atom. The minimum absolute atomic E-state index is 0. The van der Waals surface area contributed by atoms with Gasteiger partial charge in [-0.25, -0.2) is 0 Å². The Labute approximate surface area is 284 Å². The zero-order chi connectivity index (χ0) is 31.6. The number of rotatable bonds is 4. The van der Waals surface area contributed by atoms with Gasteiger partial charge in [0, 0.05) is 32.8 Å². The number of phenols is 1. The molecule has 0 spiro atoms. The summed E-state index contributed by atoms with van der Waals surface area (Å²) in [6.45, 7) is 6.67. The molecule has 1 atom stereocenters. The zero-order valence-corrected chi connectivity index (χ0v) is 27.9. The van der Waals surface area contributed by atoms with Crippen molar-refractivity contribution in [3.63, 3.8) is 0 Å². The Morgan fingerprint density at radius 3 is 2.39 bits per heavy atom. The van der Waals surface area contributed by atoms with Gasteiger partial charge in [-0.3, -0.25) is 4.98 Å². The molecule has 0 bridgehead atoms. The molecule has 1 unspecified atom stereocenters. The summed E-state index contributed by atoms with van der Waals surface area (Å²) in [4.78, 5) is 5.32. The van der Waals surface area contributed by atoms with Crippen LogP contribution in [0.4, 0.5) is 0 Å². The van der Waals surface area contributed by atoms with E-state index in [1.807, 2.05) is 83.4 Å². The molecule has 46 heavy (non-hydrogen) atoms. The summed E-state index contributed by atoms with van der Waals surface area (Å²) in [5.41, 5.74) is 8.95. The molecule has 7 aromatic rings. The van der Waals surface area contributed by atoms with Gasteiger partial charge in [-0.2, -0.15) is 5.10 Å². The van der Waals surface area contributed by atoms with Crippen LogP contribution in [0.15, 0.2) is 128 Å². The Kier molecular flexibility index (Phi) is 6.96. The van der Waals surface area contributed by atoms with Crippen LogP contribution >= 0.6 is 0 Å². The van der Waals surface area contributed by atoms with Gasteiger partial charge in [-0.1, -0.05) is 87.5 Å². The SMILES string of the molecule is [2H]c1ccc2c(c1)C(c1[c-]c(-c3nnc4ccccn34)ccc1)(c1cccc(-c3ccccc3O)n1)c1cc(C(C)(C)C)ccc1-2.[Pt]. The second kappa shape index (κ2) is 11.2. The molecule has 0 fully saturated rings. The van der Waals surface area contributed by atoms with Crippen LogP contribution in [0.5, 0.6) is 5.75 Å². The van der Waals surface area contributed by atoms with Gasteiger partial charge in [0.15, 0.2) is 5.65 Å². The van der Waals surface area contributed by atoms with Crippen LogP contribution in [-0.4, -0.2) is 24.7 Å². The third kappa shape index (κ3) is 4.53. The van der Waals surface area contributed by atoms with Crippen molar-refractivity contribution in [3.8, 4) is 39.5 Å². The molecule has 0 radical (unpaired) electrons. The molecule has 6 heteroatoms. The quantitative estimate of drug-likeness (QED) is 0.182. The Morgan fingerprint density at radius 2 is 1.54 bits per heavy atom. The first-order valence-electron chi connectivity index (χ1n) is 15.6. The fourth-order valence-corrected chi connectivity index (χ4v) is 6.71. The average Bonchev–Trinajstić information content (AvgIpc) is 3.62. The van der Waals surface area contributed by atoms with E-state index in [4.69, 9.17) is 6.35 Å². The molecule has 1 N–H and O–H groups in total. The van der Waals surface area contributed by atoms with E-state index in [1.165, 1.54) is 5.56 Å². The average molecular weight is 780 g/mol. The molecule has 0 saturated carbocycles. The van der Waals surface area contributed by atoms with Crippen LogP contribution < -0.4 is 0 Å². The molecule has 0 aliphatic heterocycles. The van der Waals surface area contributed by atoms with E-state index in [2.05, 4.69) is 73.4 Å². The number of pyridine rings is 2. The molecule has 1 aliphatic carbocycles. The van der Waals surface area contributed by atoms with Crippen molar-refractivity contribution in [1.82, 2.24) is 19.6 Å². The van der Waals surface area contributed by atoms with Gasteiger partial charge in [-0.15, -0.1) is 40.5 Å². The van der Waals surface area contributed by atoms with Crippen LogP contribution in [0.2, 0.25) is 0 Å². The third-order valence-electron chi connectivity index (χ3n) is 8.91. The first-order valence-corrected chi connectivity index (χ1v) is 15.1. The molecule has 228 valence electrons. The number of hydrogen-bond donors (Lipinski definition) is 1. The molecule has 0 saturated heterocycles. The minimum Gasteiger partial charge on any atom is -0.507 e. The van der Waals surface area contributed by atoms with Crippen molar-refractivity contribution in [2.45, 2.75) is 31.6 Å². The van der Waals surface area contributed by atoms with E-state index in [0.717, 1.165) is 44.7 Å². The van der Waals surface area contributed by atoms with Gasteiger partial charge in [-0.05, 0) is 69.6 Å². The van der Waals surface area contributed by atoms with E-state index in [1.54, 1.807) is 6.07 Å². The van der Waals surface area contributed by atoms with E-state index in [0.29, 0.717) is 23.1 Å². The number of phenolic OH excluding ortho intramolecular Hbond substituents is 1. The summed E-state index contributed by atoms with van der Waals surface area (Å²) < 4.78 is 10.7. The second-order valence-corrected chi connectivity index (χ2v) is 12.6. The molecule has 4 aromatic carbocycles. The number of aromatic hydroxyl groups is 1. The number of fused-ring (bicyclic) bond motifs is 4. The molecule has 3 aromatic heterocycles. The third-order valence-corrected chi connectivity index (χ3v) is 8.91. The van der Waals surface area contributed by atoms with Crippen LogP contribution in [0, 0.1) is 6.07 Å². The predicted molar refractivity (Wildman–Crippen MR) is 178 cm³/mol. The van der Waals surface area contributed by atoms with Crippen LogP contribution in [-0.2, 0) is 31.9 Å². The van der Waals surface area contributed by atoms with Gasteiger partial charge in [0.05, 0.1) is 24.0 Å². The van der Waals surface area contributed by atoms with Crippen LogP contribution in [0.25, 0.3) is 39.4 Å². The molecule has 5 nitrogen and oxygen atoms in total. The van der Waals surface area contributed by atoms with Gasteiger partial charge in [0.25, 0.3) is 0 Å². The molecule has 3 heterocycles. The maximum atomic E-state index is 10.8. The van der Waals surface area contributed by atoms with Crippen molar-refractivity contribution >= 4 is 5.65 Å². The number of aromatic nitrogens is 4. The molecule has 8 rings (SSSR count). The fourth-order valence-electron chi connectivity index (χ4n) is 6.71. The summed E-state index contributed by atoms with van der Waals surface area (Å²) in [5, 5.41) is 19.8. The number of nitrogens with zero attached hydrogens (tertiary/aromatic N) is 4. The van der Waals surface area contributed by atoms with Crippen molar-refractivity contribution in [3.05, 3.63) is 162 Å². The van der Waals surface area contributed by atoms with Gasteiger partial charge in [0.2, 0.25) is 0 Å². The number of para-hydroxylation sites is 1. The summed E-state index contributed by atoms with van der Waals surface area (Å²) >= 11 is 0. The van der Waals surface area contributed by atoms with Crippen LogP contribution in [0.1, 0.15) is 50.1 Å². The zero-order valence-electron chi connectivity index (χ0n) is 26.6. The summed E-state index contributed by atoms with van der Waals surface area (Å²) in [5.74, 6) is 0.865. The van der Waals surface area contributed by atoms with Gasteiger partial charge < -0.3 is 9.51 Å². The Balaban J connectivity index is 0.00000351. The topological polar surface area (TPSA) is 63.3 Å². The maximum absolute atomic E-state index is 10.8. The van der Waals surface area contributed by atoms with Crippen LogP contribution in [0.3, 0.4) is 0 Å². The summed E-state index contributed by atoms with van der Waals surface area (Å²) in [6.07, 6.45) is 1.96. The van der Waals surface area contributed by atoms with Gasteiger partial charge in [0.1, 0.15) is 5.75 Å². The fraction of sp³-hybridized carbons (Fsp3) is 0.125. The van der Waals surface area contributed by atoms with E-state index >= 15 is 0 Å². The summed E-state index contributed by atoms with van der Waals surface area (Å²) in [7, 11) is 0. The van der Waals surface area contributed by atoms with Crippen molar-refractivity contribution in [2.24, 2.45) is 0 Å². The van der Waals surface area contributed by atoms with Crippen molar-refractivity contribution < 1.29 is 27.5 Å². The maximum Gasteiger partial charge on any atom is 0.151 e. The van der Waals surface area contributed by atoms with E-state index in [9.17, 15) is 5.11 Å². The molecule has 1 aliphatic rings.